The lowest BCUT2D eigenvalue weighted by Crippen LogP contribution is -2.21. The highest BCUT2D eigenvalue weighted by Crippen LogP contribution is 2.27. The molecule has 0 radical (unpaired) electrons. The molecule has 26 heavy (non-hydrogen) atoms. The SMILES string of the molecule is O=C(COc1cccnc1)Nc1ccc2c3c(c(=O)[nH]c2c1)CCCC3. The predicted octanol–water partition coefficient (Wildman–Crippen LogP) is 2.82. The van der Waals surface area contributed by atoms with E-state index in [2.05, 4.69) is 15.3 Å². The molecular weight excluding hydrogens is 330 g/mol. The minimum absolute atomic E-state index is 0.0180. The van der Waals surface area contributed by atoms with Crippen LogP contribution in [-0.4, -0.2) is 22.5 Å². The molecule has 2 N–H and O–H groups in total. The Kier molecular flexibility index (Phi) is 4.39. The highest BCUT2D eigenvalue weighted by Gasteiger charge is 2.16. The van der Waals surface area contributed by atoms with Gasteiger partial charge in [0.2, 0.25) is 0 Å². The van der Waals surface area contributed by atoms with Crippen LogP contribution in [0.25, 0.3) is 10.9 Å². The average Bonchev–Trinajstić information content (AvgIpc) is 2.67. The van der Waals surface area contributed by atoms with E-state index >= 15 is 0 Å². The fourth-order valence-corrected chi connectivity index (χ4v) is 3.42. The molecule has 0 fully saturated rings. The van der Waals surface area contributed by atoms with Crippen LogP contribution >= 0.6 is 0 Å². The minimum Gasteiger partial charge on any atom is -0.482 e. The quantitative estimate of drug-likeness (QED) is 0.759. The maximum Gasteiger partial charge on any atom is 0.262 e. The number of ether oxygens (including phenoxy) is 1. The third-order valence-corrected chi connectivity index (χ3v) is 4.62. The maximum atomic E-state index is 12.3. The largest absolute Gasteiger partial charge is 0.482 e. The van der Waals surface area contributed by atoms with Crippen LogP contribution in [0.4, 0.5) is 5.69 Å². The monoisotopic (exact) mass is 349 g/mol. The predicted molar refractivity (Wildman–Crippen MR) is 99.6 cm³/mol. The maximum absolute atomic E-state index is 12.3. The fraction of sp³-hybridized carbons (Fsp3) is 0.250. The van der Waals surface area contributed by atoms with Crippen LogP contribution in [0.2, 0.25) is 0 Å². The normalized spacial score (nSPS) is 13.2. The number of rotatable bonds is 4. The van der Waals surface area contributed by atoms with E-state index in [1.54, 1.807) is 30.6 Å². The molecular formula is C20H19N3O3. The lowest BCUT2D eigenvalue weighted by atomic mass is 9.90. The van der Waals surface area contributed by atoms with E-state index < -0.39 is 0 Å². The standard InChI is InChI=1S/C20H19N3O3/c24-19(12-26-14-4-3-9-21-11-14)22-13-7-8-16-15-5-1-2-6-17(15)20(25)23-18(16)10-13/h3-4,7-11H,1-2,5-6,12H2,(H,22,24)(H,23,25). The van der Waals surface area contributed by atoms with Gasteiger partial charge in [-0.05, 0) is 55.5 Å². The number of hydrogen-bond donors (Lipinski definition) is 2. The van der Waals surface area contributed by atoms with Crippen LogP contribution < -0.4 is 15.6 Å². The molecule has 1 aliphatic rings. The molecule has 0 bridgehead atoms. The number of aryl methyl sites for hydroxylation is 1. The van der Waals surface area contributed by atoms with Crippen LogP contribution in [0.15, 0.2) is 47.5 Å². The van der Waals surface area contributed by atoms with Crippen LogP contribution in [-0.2, 0) is 17.6 Å². The van der Waals surface area contributed by atoms with Crippen molar-refractivity contribution in [1.82, 2.24) is 9.97 Å². The molecule has 3 aromatic rings. The summed E-state index contributed by atoms with van der Waals surface area (Å²) in [6.07, 6.45) is 7.13. The van der Waals surface area contributed by atoms with Gasteiger partial charge in [0.25, 0.3) is 11.5 Å². The Morgan fingerprint density at radius 2 is 2.04 bits per heavy atom. The molecule has 0 saturated heterocycles. The molecule has 2 heterocycles. The van der Waals surface area contributed by atoms with Gasteiger partial charge in [0.15, 0.2) is 6.61 Å². The summed E-state index contributed by atoms with van der Waals surface area (Å²) in [5.74, 6) is 0.269. The van der Waals surface area contributed by atoms with E-state index in [-0.39, 0.29) is 18.1 Å². The summed E-state index contributed by atoms with van der Waals surface area (Å²) in [5.41, 5.74) is 3.42. The van der Waals surface area contributed by atoms with Crippen LogP contribution in [0.3, 0.4) is 0 Å². The number of nitrogens with one attached hydrogen (secondary N) is 2. The molecule has 0 saturated carbocycles. The molecule has 1 aliphatic carbocycles. The number of carbonyl (C=O) groups excluding carboxylic acids is 1. The van der Waals surface area contributed by atoms with Crippen molar-refractivity contribution in [2.45, 2.75) is 25.7 Å². The topological polar surface area (TPSA) is 84.1 Å². The lowest BCUT2D eigenvalue weighted by molar-refractivity contribution is -0.118. The Labute approximate surface area is 150 Å². The summed E-state index contributed by atoms with van der Waals surface area (Å²) in [4.78, 5) is 31.3. The highest BCUT2D eigenvalue weighted by molar-refractivity contribution is 5.95. The molecule has 0 aliphatic heterocycles. The summed E-state index contributed by atoms with van der Waals surface area (Å²) < 4.78 is 5.39. The number of aromatic amines is 1. The smallest absolute Gasteiger partial charge is 0.262 e. The van der Waals surface area contributed by atoms with E-state index in [9.17, 15) is 9.59 Å². The van der Waals surface area contributed by atoms with Crippen LogP contribution in [0.1, 0.15) is 24.0 Å². The Hall–Kier alpha value is -3.15. The molecule has 0 atom stereocenters. The Morgan fingerprint density at radius 3 is 2.85 bits per heavy atom. The molecule has 6 heteroatoms. The third kappa shape index (κ3) is 3.31. The van der Waals surface area contributed by atoms with E-state index in [0.29, 0.717) is 11.4 Å². The van der Waals surface area contributed by atoms with E-state index in [0.717, 1.165) is 47.7 Å². The van der Waals surface area contributed by atoms with Gasteiger partial charge in [0, 0.05) is 22.8 Å². The first-order valence-electron chi connectivity index (χ1n) is 8.71. The molecule has 4 rings (SSSR count). The summed E-state index contributed by atoms with van der Waals surface area (Å²) in [6, 6.07) is 9.11. The van der Waals surface area contributed by atoms with Crippen molar-refractivity contribution in [3.63, 3.8) is 0 Å². The summed E-state index contributed by atoms with van der Waals surface area (Å²) >= 11 is 0. The molecule has 1 aromatic carbocycles. The Balaban J connectivity index is 1.52. The zero-order chi connectivity index (χ0) is 17.9. The molecule has 6 nitrogen and oxygen atoms in total. The van der Waals surface area contributed by atoms with Gasteiger partial charge in [-0.3, -0.25) is 14.6 Å². The van der Waals surface area contributed by atoms with Gasteiger partial charge in [-0.2, -0.15) is 0 Å². The number of H-pyrrole nitrogens is 1. The Morgan fingerprint density at radius 1 is 1.19 bits per heavy atom. The third-order valence-electron chi connectivity index (χ3n) is 4.62. The zero-order valence-electron chi connectivity index (χ0n) is 14.2. The number of nitrogens with zero attached hydrogens (tertiary/aromatic N) is 1. The van der Waals surface area contributed by atoms with Crippen LogP contribution in [0.5, 0.6) is 5.75 Å². The van der Waals surface area contributed by atoms with Crippen molar-refractivity contribution in [1.29, 1.82) is 0 Å². The first-order chi connectivity index (χ1) is 12.7. The Bertz CT molecular complexity index is 1010. The minimum atomic E-state index is -0.270. The van der Waals surface area contributed by atoms with Gasteiger partial charge in [0.1, 0.15) is 5.75 Å². The van der Waals surface area contributed by atoms with Crippen molar-refractivity contribution in [2.24, 2.45) is 0 Å². The molecule has 0 unspecified atom stereocenters. The number of benzene rings is 1. The summed E-state index contributed by atoms with van der Waals surface area (Å²) in [6.45, 7) is -0.107. The van der Waals surface area contributed by atoms with Gasteiger partial charge in [-0.15, -0.1) is 0 Å². The zero-order valence-corrected chi connectivity index (χ0v) is 14.2. The lowest BCUT2D eigenvalue weighted by Gasteiger charge is -2.17. The van der Waals surface area contributed by atoms with Crippen molar-refractivity contribution in [3.8, 4) is 5.75 Å². The first-order valence-corrected chi connectivity index (χ1v) is 8.71. The number of anilines is 1. The number of amides is 1. The number of carbonyl (C=O) groups is 1. The molecule has 132 valence electrons. The fourth-order valence-electron chi connectivity index (χ4n) is 3.42. The average molecular weight is 349 g/mol. The van der Waals surface area contributed by atoms with Gasteiger partial charge < -0.3 is 15.0 Å². The molecule has 1 amide bonds. The second kappa shape index (κ2) is 7.00. The van der Waals surface area contributed by atoms with Gasteiger partial charge in [0.05, 0.1) is 11.7 Å². The van der Waals surface area contributed by atoms with Crippen molar-refractivity contribution >= 4 is 22.5 Å². The second-order valence-corrected chi connectivity index (χ2v) is 6.40. The number of pyridine rings is 2. The van der Waals surface area contributed by atoms with Gasteiger partial charge in [-0.25, -0.2) is 0 Å². The van der Waals surface area contributed by atoms with Gasteiger partial charge >= 0.3 is 0 Å². The van der Waals surface area contributed by atoms with E-state index in [1.165, 1.54) is 0 Å². The van der Waals surface area contributed by atoms with E-state index in [4.69, 9.17) is 4.74 Å². The second-order valence-electron chi connectivity index (χ2n) is 6.40. The number of aromatic nitrogens is 2. The first kappa shape index (κ1) is 16.3. The summed E-state index contributed by atoms with van der Waals surface area (Å²) in [5, 5.41) is 3.86. The van der Waals surface area contributed by atoms with Crippen molar-refractivity contribution < 1.29 is 9.53 Å². The molecule has 0 spiro atoms. The van der Waals surface area contributed by atoms with E-state index in [1.807, 2.05) is 12.1 Å². The summed E-state index contributed by atoms with van der Waals surface area (Å²) in [7, 11) is 0. The number of fused-ring (bicyclic) bond motifs is 3. The highest BCUT2D eigenvalue weighted by atomic mass is 16.5. The van der Waals surface area contributed by atoms with Crippen LogP contribution in [0, 0.1) is 0 Å². The van der Waals surface area contributed by atoms with Crippen molar-refractivity contribution in [2.75, 3.05) is 11.9 Å². The molecule has 2 aromatic heterocycles. The van der Waals surface area contributed by atoms with Crippen molar-refractivity contribution in [3.05, 3.63) is 64.2 Å². The van der Waals surface area contributed by atoms with Gasteiger partial charge in [-0.1, -0.05) is 6.07 Å². The number of hydrogen-bond acceptors (Lipinski definition) is 4.